The topological polar surface area (TPSA) is 64.4 Å². The minimum atomic E-state index is 0.373. The Bertz CT molecular complexity index is 1240. The van der Waals surface area contributed by atoms with Crippen molar-refractivity contribution in [3.63, 3.8) is 0 Å². The predicted octanol–water partition coefficient (Wildman–Crippen LogP) is 6.18. The minimum absolute atomic E-state index is 0.373. The van der Waals surface area contributed by atoms with Gasteiger partial charge in [-0.2, -0.15) is 10.2 Å². The smallest absolute Gasteiger partial charge is 0.225 e. The van der Waals surface area contributed by atoms with E-state index in [9.17, 15) is 5.26 Å². The molecule has 0 fully saturated rings. The van der Waals surface area contributed by atoms with E-state index in [1.165, 1.54) is 0 Å². The molecule has 0 spiro atoms. The molecule has 33 heavy (non-hydrogen) atoms. The molecule has 164 valence electrons. The molecule has 1 aromatic heterocycles. The Hall–Kier alpha value is -4.30. The molecule has 5 nitrogen and oxygen atoms in total. The van der Waals surface area contributed by atoms with Crippen molar-refractivity contribution in [2.45, 2.75) is 20.1 Å². The molecule has 0 bridgehead atoms. The second-order valence-electron chi connectivity index (χ2n) is 7.31. The van der Waals surface area contributed by atoms with Gasteiger partial charge in [-0.05, 0) is 41.8 Å². The molecule has 0 atom stereocenters. The second kappa shape index (κ2) is 10.8. The first-order valence-electron chi connectivity index (χ1n) is 10.8. The zero-order valence-corrected chi connectivity index (χ0v) is 18.4. The van der Waals surface area contributed by atoms with Crippen LogP contribution in [0.5, 0.6) is 17.5 Å². The zero-order chi connectivity index (χ0) is 22.9. The lowest BCUT2D eigenvalue weighted by molar-refractivity contribution is 0.268. The molecule has 0 saturated heterocycles. The predicted molar refractivity (Wildman–Crippen MR) is 127 cm³/mol. The van der Waals surface area contributed by atoms with Crippen molar-refractivity contribution >= 4 is 0 Å². The van der Waals surface area contributed by atoms with E-state index in [1.807, 2.05) is 91.9 Å². The minimum Gasteiger partial charge on any atom is -0.492 e. The van der Waals surface area contributed by atoms with E-state index >= 15 is 0 Å². The maximum Gasteiger partial charge on any atom is 0.225 e. The summed E-state index contributed by atoms with van der Waals surface area (Å²) < 4.78 is 17.7. The molecule has 4 rings (SSSR count). The van der Waals surface area contributed by atoms with Crippen LogP contribution in [0.4, 0.5) is 0 Å². The molecule has 0 amide bonds. The summed E-state index contributed by atoms with van der Waals surface area (Å²) in [5.41, 5.74) is 4.23. The van der Waals surface area contributed by atoms with E-state index in [0.717, 1.165) is 22.3 Å². The molecule has 0 aliphatic rings. The summed E-state index contributed by atoms with van der Waals surface area (Å²) in [4.78, 5) is 4.65. The summed E-state index contributed by atoms with van der Waals surface area (Å²) in [5, 5.41) is 9.38. The molecule has 0 radical (unpaired) electrons. The third kappa shape index (κ3) is 5.69. The van der Waals surface area contributed by atoms with Gasteiger partial charge in [-0.15, -0.1) is 0 Å². The Balaban J connectivity index is 1.64. The molecule has 1 heterocycles. The maximum absolute atomic E-state index is 9.38. The van der Waals surface area contributed by atoms with Gasteiger partial charge in [-0.1, -0.05) is 66.7 Å². The molecule has 3 aromatic carbocycles. The van der Waals surface area contributed by atoms with Crippen LogP contribution in [0.3, 0.4) is 0 Å². The van der Waals surface area contributed by atoms with Gasteiger partial charge in [0.1, 0.15) is 25.0 Å². The normalized spacial score (nSPS) is 10.3. The summed E-state index contributed by atoms with van der Waals surface area (Å²) in [6.45, 7) is 3.15. The highest BCUT2D eigenvalue weighted by molar-refractivity contribution is 5.71. The van der Waals surface area contributed by atoms with E-state index in [4.69, 9.17) is 14.2 Å². The van der Waals surface area contributed by atoms with Crippen molar-refractivity contribution < 1.29 is 14.2 Å². The summed E-state index contributed by atoms with van der Waals surface area (Å²) >= 11 is 0. The van der Waals surface area contributed by atoms with Gasteiger partial charge < -0.3 is 14.2 Å². The van der Waals surface area contributed by atoms with E-state index in [1.54, 1.807) is 6.07 Å². The van der Waals surface area contributed by atoms with E-state index < -0.39 is 0 Å². The quantitative estimate of drug-likeness (QED) is 0.314. The number of nitriles is 1. The molecular formula is C28H24N2O3. The van der Waals surface area contributed by atoms with Gasteiger partial charge >= 0.3 is 0 Å². The summed E-state index contributed by atoms with van der Waals surface area (Å²) in [6.07, 6.45) is 0. The highest BCUT2D eigenvalue weighted by Gasteiger charge is 2.14. The second-order valence-corrected chi connectivity index (χ2v) is 7.31. The van der Waals surface area contributed by atoms with Gasteiger partial charge in [0, 0.05) is 11.6 Å². The number of rotatable bonds is 9. The third-order valence-electron chi connectivity index (χ3n) is 5.00. The van der Waals surface area contributed by atoms with Crippen molar-refractivity contribution in [1.29, 1.82) is 5.26 Å². The van der Waals surface area contributed by atoms with Crippen LogP contribution < -0.4 is 14.2 Å². The highest BCUT2D eigenvalue weighted by atomic mass is 16.5. The van der Waals surface area contributed by atoms with E-state index in [2.05, 4.69) is 11.1 Å². The van der Waals surface area contributed by atoms with Gasteiger partial charge in [0.25, 0.3) is 0 Å². The van der Waals surface area contributed by atoms with Crippen LogP contribution in [-0.2, 0) is 13.2 Å². The van der Waals surface area contributed by atoms with Crippen molar-refractivity contribution in [3.8, 4) is 34.7 Å². The average Bonchev–Trinajstić information content (AvgIpc) is 2.88. The van der Waals surface area contributed by atoms with Crippen LogP contribution in [0.1, 0.15) is 23.6 Å². The van der Waals surface area contributed by atoms with E-state index in [0.29, 0.717) is 42.9 Å². The van der Waals surface area contributed by atoms with Crippen molar-refractivity contribution in [2.75, 3.05) is 6.61 Å². The van der Waals surface area contributed by atoms with Gasteiger partial charge in [0.2, 0.25) is 11.8 Å². The molecule has 0 aliphatic heterocycles. The number of hydrogen-bond donors (Lipinski definition) is 0. The number of hydrogen-bond acceptors (Lipinski definition) is 5. The molecular weight excluding hydrogens is 412 g/mol. The molecule has 0 saturated carbocycles. The average molecular weight is 437 g/mol. The zero-order valence-electron chi connectivity index (χ0n) is 18.4. The fraction of sp³-hybridized carbons (Fsp3) is 0.143. The highest BCUT2D eigenvalue weighted by Crippen LogP contribution is 2.34. The van der Waals surface area contributed by atoms with Crippen LogP contribution in [0.2, 0.25) is 0 Å². The third-order valence-corrected chi connectivity index (χ3v) is 5.00. The van der Waals surface area contributed by atoms with Crippen LogP contribution in [0, 0.1) is 11.3 Å². The number of pyridine rings is 1. The number of nitrogens with zero attached hydrogens (tertiary/aromatic N) is 2. The lowest BCUT2D eigenvalue weighted by atomic mass is 10.0. The number of aromatic nitrogens is 1. The summed E-state index contributed by atoms with van der Waals surface area (Å²) in [7, 11) is 0. The largest absolute Gasteiger partial charge is 0.492 e. The maximum atomic E-state index is 9.38. The molecule has 0 unspecified atom stereocenters. The van der Waals surface area contributed by atoms with Crippen LogP contribution in [-0.4, -0.2) is 11.6 Å². The van der Waals surface area contributed by atoms with Crippen molar-refractivity contribution in [2.24, 2.45) is 0 Å². The first-order chi connectivity index (χ1) is 16.3. The molecule has 4 aromatic rings. The molecule has 0 N–H and O–H groups in total. The molecule has 0 aliphatic carbocycles. The van der Waals surface area contributed by atoms with Crippen molar-refractivity contribution in [1.82, 2.24) is 4.98 Å². The van der Waals surface area contributed by atoms with Gasteiger partial charge in [-0.3, -0.25) is 0 Å². The lowest BCUT2D eigenvalue weighted by Crippen LogP contribution is -2.02. The Labute approximate surface area is 193 Å². The first-order valence-corrected chi connectivity index (χ1v) is 10.8. The molecule has 5 heteroatoms. The van der Waals surface area contributed by atoms with Crippen LogP contribution in [0.15, 0.2) is 91.0 Å². The monoisotopic (exact) mass is 436 g/mol. The Morgan fingerprint density at radius 2 is 1.42 bits per heavy atom. The summed E-state index contributed by atoms with van der Waals surface area (Å²) in [6, 6.07) is 31.3. The van der Waals surface area contributed by atoms with Crippen LogP contribution >= 0.6 is 0 Å². The number of benzene rings is 3. The Morgan fingerprint density at radius 1 is 0.758 bits per heavy atom. The SMILES string of the molecule is CCOc1cc(-c2ccc(OCc3ccccc3)nc2OCc2ccccc2)ccc1C#N. The standard InChI is InChI=1S/C28H24N2O3/c1-2-31-26-17-23(13-14-24(26)18-29)25-15-16-27(32-19-21-9-5-3-6-10-21)30-28(25)33-20-22-11-7-4-8-12-22/h3-17H,2,19-20H2,1H3. The van der Waals surface area contributed by atoms with Gasteiger partial charge in [-0.25, -0.2) is 0 Å². The van der Waals surface area contributed by atoms with Crippen molar-refractivity contribution in [3.05, 3.63) is 108 Å². The fourth-order valence-electron chi connectivity index (χ4n) is 3.35. The fourth-order valence-corrected chi connectivity index (χ4v) is 3.35. The Morgan fingerprint density at radius 3 is 2.06 bits per heavy atom. The van der Waals surface area contributed by atoms with Gasteiger partial charge in [0.05, 0.1) is 12.2 Å². The van der Waals surface area contributed by atoms with Crippen LogP contribution in [0.25, 0.3) is 11.1 Å². The number of ether oxygens (including phenoxy) is 3. The Kier molecular flexibility index (Phi) is 7.19. The van der Waals surface area contributed by atoms with E-state index in [-0.39, 0.29) is 0 Å². The lowest BCUT2D eigenvalue weighted by Gasteiger charge is -2.14. The van der Waals surface area contributed by atoms with Gasteiger partial charge in [0.15, 0.2) is 0 Å². The first kappa shape index (κ1) is 21.9. The summed E-state index contributed by atoms with van der Waals surface area (Å²) in [5.74, 6) is 1.47.